The van der Waals surface area contributed by atoms with Gasteiger partial charge in [-0.3, -0.25) is 0 Å². The van der Waals surface area contributed by atoms with E-state index in [1.165, 1.54) is 0 Å². The van der Waals surface area contributed by atoms with Crippen LogP contribution in [0, 0.1) is 0 Å². The van der Waals surface area contributed by atoms with Gasteiger partial charge in [0.25, 0.3) is 0 Å². The lowest BCUT2D eigenvalue weighted by Gasteiger charge is -2.18. The van der Waals surface area contributed by atoms with E-state index in [2.05, 4.69) is 40.6 Å². The molecule has 0 aliphatic heterocycles. The number of ether oxygens (including phenoxy) is 1. The number of guanidine groups is 1. The third kappa shape index (κ3) is 6.76. The summed E-state index contributed by atoms with van der Waals surface area (Å²) in [5, 5.41) is 7.76. The van der Waals surface area contributed by atoms with E-state index in [0.717, 1.165) is 61.9 Å². The molecule has 2 N–H and O–H groups in total. The Labute approximate surface area is 150 Å². The summed E-state index contributed by atoms with van der Waals surface area (Å²) in [5.41, 5.74) is 0.906. The Balaban J connectivity index is 1.81. The summed E-state index contributed by atoms with van der Waals surface area (Å²) < 4.78 is 10.9. The second-order valence-corrected chi connectivity index (χ2v) is 6.02. The number of benzene rings is 1. The third-order valence-corrected chi connectivity index (χ3v) is 3.89. The normalized spacial score (nSPS) is 12.1. The van der Waals surface area contributed by atoms with Crippen LogP contribution in [0.15, 0.2) is 39.7 Å². The van der Waals surface area contributed by atoms with Gasteiger partial charge in [0, 0.05) is 45.3 Å². The van der Waals surface area contributed by atoms with Crippen molar-refractivity contribution in [1.29, 1.82) is 0 Å². The molecule has 0 aliphatic rings. The summed E-state index contributed by atoms with van der Waals surface area (Å²) >= 11 is 0. The fourth-order valence-electron chi connectivity index (χ4n) is 2.57. The summed E-state index contributed by atoms with van der Waals surface area (Å²) in [6.07, 6.45) is 1.05. The first-order valence-corrected chi connectivity index (χ1v) is 8.90. The molecule has 6 heteroatoms. The van der Waals surface area contributed by atoms with Crippen molar-refractivity contribution in [1.82, 2.24) is 15.5 Å². The van der Waals surface area contributed by atoms with Gasteiger partial charge >= 0.3 is 0 Å². The number of furan rings is 1. The van der Waals surface area contributed by atoms with Gasteiger partial charge in [-0.1, -0.05) is 18.2 Å². The number of para-hydroxylation sites is 1. The second-order valence-electron chi connectivity index (χ2n) is 6.02. The number of hydrogen-bond acceptors (Lipinski definition) is 4. The maximum Gasteiger partial charge on any atom is 0.191 e. The number of likely N-dealkylation sites (N-methyl/N-ethyl adjacent to an activating group) is 1. The van der Waals surface area contributed by atoms with Gasteiger partial charge in [0.2, 0.25) is 0 Å². The van der Waals surface area contributed by atoms with Crippen molar-refractivity contribution in [3.63, 3.8) is 0 Å². The predicted octanol–water partition coefficient (Wildman–Crippen LogP) is 2.46. The molecule has 0 fully saturated rings. The molecule has 0 spiro atoms. The molecule has 25 heavy (non-hydrogen) atoms. The van der Waals surface area contributed by atoms with E-state index in [9.17, 15) is 0 Å². The Hall–Kier alpha value is -2.05. The first-order chi connectivity index (χ1) is 12.2. The van der Waals surface area contributed by atoms with Crippen molar-refractivity contribution >= 4 is 16.9 Å². The zero-order valence-corrected chi connectivity index (χ0v) is 15.5. The van der Waals surface area contributed by atoms with E-state index in [1.54, 1.807) is 7.11 Å². The van der Waals surface area contributed by atoms with Crippen LogP contribution in [-0.4, -0.2) is 57.8 Å². The van der Waals surface area contributed by atoms with Crippen molar-refractivity contribution in [3.05, 3.63) is 36.1 Å². The van der Waals surface area contributed by atoms with E-state index >= 15 is 0 Å². The first-order valence-electron chi connectivity index (χ1n) is 8.90. The number of fused-ring (bicyclic) bond motifs is 1. The summed E-state index contributed by atoms with van der Waals surface area (Å²) in [6, 6.07) is 10.1. The third-order valence-electron chi connectivity index (χ3n) is 3.89. The number of aliphatic imine (C=N–C) groups is 1. The summed E-state index contributed by atoms with van der Waals surface area (Å²) in [7, 11) is 3.86. The quantitative estimate of drug-likeness (QED) is 0.393. The van der Waals surface area contributed by atoms with Crippen LogP contribution in [0.4, 0.5) is 0 Å². The highest BCUT2D eigenvalue weighted by Crippen LogP contribution is 2.19. The molecule has 2 aromatic rings. The average Bonchev–Trinajstić information content (AvgIpc) is 3.03. The first kappa shape index (κ1) is 19.3. The molecule has 0 saturated carbocycles. The van der Waals surface area contributed by atoms with Gasteiger partial charge in [0.1, 0.15) is 17.9 Å². The molecular formula is C19H30N4O2. The van der Waals surface area contributed by atoms with Crippen molar-refractivity contribution in [2.24, 2.45) is 4.99 Å². The largest absolute Gasteiger partial charge is 0.459 e. The zero-order valence-electron chi connectivity index (χ0n) is 15.5. The maximum atomic E-state index is 5.81. The zero-order chi connectivity index (χ0) is 17.9. The van der Waals surface area contributed by atoms with Crippen LogP contribution >= 0.6 is 0 Å². The standard InChI is InChI=1S/C19H30N4O2/c1-4-20-19(21-10-12-23(2)11-7-13-24-3)22-15-17-14-16-8-5-6-9-18(16)25-17/h5-6,8-9,14H,4,7,10-13,15H2,1-3H3,(H2,20,21,22). The monoisotopic (exact) mass is 346 g/mol. The molecule has 0 radical (unpaired) electrons. The smallest absolute Gasteiger partial charge is 0.191 e. The minimum atomic E-state index is 0.522. The molecule has 0 unspecified atom stereocenters. The lowest BCUT2D eigenvalue weighted by atomic mass is 10.2. The molecule has 138 valence electrons. The van der Waals surface area contributed by atoms with Gasteiger partial charge in [-0.25, -0.2) is 4.99 Å². The Kier molecular flexibility index (Phi) is 8.28. The van der Waals surface area contributed by atoms with E-state index in [4.69, 9.17) is 9.15 Å². The summed E-state index contributed by atoms with van der Waals surface area (Å²) in [6.45, 7) is 7.05. The minimum Gasteiger partial charge on any atom is -0.459 e. The Morgan fingerprint density at radius 1 is 1.24 bits per heavy atom. The molecular weight excluding hydrogens is 316 g/mol. The van der Waals surface area contributed by atoms with Gasteiger partial charge in [-0.15, -0.1) is 0 Å². The molecule has 0 saturated heterocycles. The topological polar surface area (TPSA) is 62.0 Å². The molecule has 0 amide bonds. The molecule has 1 heterocycles. The van der Waals surface area contributed by atoms with Gasteiger partial charge in [0.05, 0.1) is 0 Å². The number of hydrogen-bond donors (Lipinski definition) is 2. The fourth-order valence-corrected chi connectivity index (χ4v) is 2.57. The van der Waals surface area contributed by atoms with E-state index in [0.29, 0.717) is 6.54 Å². The highest BCUT2D eigenvalue weighted by molar-refractivity contribution is 5.80. The van der Waals surface area contributed by atoms with E-state index < -0.39 is 0 Å². The average molecular weight is 346 g/mol. The summed E-state index contributed by atoms with van der Waals surface area (Å²) in [5.74, 6) is 1.68. The van der Waals surface area contributed by atoms with Gasteiger partial charge in [-0.2, -0.15) is 0 Å². The second kappa shape index (κ2) is 10.7. The van der Waals surface area contributed by atoms with Crippen LogP contribution in [0.3, 0.4) is 0 Å². The Bertz CT molecular complexity index is 621. The van der Waals surface area contributed by atoms with Crippen molar-refractivity contribution in [2.45, 2.75) is 19.9 Å². The molecule has 6 nitrogen and oxygen atoms in total. The van der Waals surface area contributed by atoms with Gasteiger partial charge in [-0.05, 0) is 32.5 Å². The lowest BCUT2D eigenvalue weighted by Crippen LogP contribution is -2.41. The van der Waals surface area contributed by atoms with E-state index in [1.807, 2.05) is 24.3 Å². The van der Waals surface area contributed by atoms with Crippen LogP contribution in [0.5, 0.6) is 0 Å². The van der Waals surface area contributed by atoms with Crippen molar-refractivity contribution in [2.75, 3.05) is 46.9 Å². The van der Waals surface area contributed by atoms with Gasteiger partial charge < -0.3 is 24.7 Å². The Morgan fingerprint density at radius 3 is 2.84 bits per heavy atom. The number of rotatable bonds is 10. The molecule has 1 aromatic heterocycles. The molecule has 0 atom stereocenters. The minimum absolute atomic E-state index is 0.522. The molecule has 1 aromatic carbocycles. The van der Waals surface area contributed by atoms with Crippen LogP contribution in [0.2, 0.25) is 0 Å². The summed E-state index contributed by atoms with van der Waals surface area (Å²) in [4.78, 5) is 6.90. The van der Waals surface area contributed by atoms with Crippen molar-refractivity contribution in [3.8, 4) is 0 Å². The van der Waals surface area contributed by atoms with Crippen LogP contribution < -0.4 is 10.6 Å². The molecule has 0 aliphatic carbocycles. The number of methoxy groups -OCH3 is 1. The van der Waals surface area contributed by atoms with Crippen molar-refractivity contribution < 1.29 is 9.15 Å². The lowest BCUT2D eigenvalue weighted by molar-refractivity contribution is 0.180. The van der Waals surface area contributed by atoms with Crippen LogP contribution in [0.1, 0.15) is 19.1 Å². The predicted molar refractivity (Wildman–Crippen MR) is 103 cm³/mol. The van der Waals surface area contributed by atoms with Gasteiger partial charge in [0.15, 0.2) is 5.96 Å². The fraction of sp³-hybridized carbons (Fsp3) is 0.526. The SMILES string of the molecule is CCNC(=NCc1cc2ccccc2o1)NCCN(C)CCCOC. The Morgan fingerprint density at radius 2 is 2.08 bits per heavy atom. The highest BCUT2D eigenvalue weighted by Gasteiger charge is 2.04. The van der Waals surface area contributed by atoms with Crippen LogP contribution in [0.25, 0.3) is 11.0 Å². The van der Waals surface area contributed by atoms with E-state index in [-0.39, 0.29) is 0 Å². The number of nitrogens with one attached hydrogen (secondary N) is 2. The number of nitrogens with zero attached hydrogens (tertiary/aromatic N) is 2. The maximum absolute atomic E-state index is 5.81. The molecule has 2 rings (SSSR count). The van der Waals surface area contributed by atoms with Crippen LogP contribution in [-0.2, 0) is 11.3 Å². The highest BCUT2D eigenvalue weighted by atomic mass is 16.5. The molecule has 0 bridgehead atoms.